The first-order valence-corrected chi connectivity index (χ1v) is 9.58. The van der Waals surface area contributed by atoms with Gasteiger partial charge in [0.2, 0.25) is 0 Å². The Hall–Kier alpha value is -2.74. The van der Waals surface area contributed by atoms with Gasteiger partial charge < -0.3 is 0 Å². The number of sulfonamides is 1. The van der Waals surface area contributed by atoms with E-state index in [1.807, 2.05) is 6.07 Å². The molecule has 0 unspecified atom stereocenters. The third-order valence-corrected chi connectivity index (χ3v) is 5.72. The fourth-order valence-corrected chi connectivity index (χ4v) is 4.18. The second kappa shape index (κ2) is 6.29. The summed E-state index contributed by atoms with van der Waals surface area (Å²) in [5.41, 5.74) is 3.53. The van der Waals surface area contributed by atoms with Crippen molar-refractivity contribution < 1.29 is 8.42 Å². The van der Waals surface area contributed by atoms with E-state index in [9.17, 15) is 8.42 Å². The van der Waals surface area contributed by atoms with Gasteiger partial charge in [-0.1, -0.05) is 12.1 Å². The van der Waals surface area contributed by atoms with Crippen LogP contribution in [0, 0.1) is 0 Å². The summed E-state index contributed by atoms with van der Waals surface area (Å²) in [6.07, 6.45) is 5.70. The number of anilines is 1. The molecule has 3 aromatic rings. The average Bonchev–Trinajstić information content (AvgIpc) is 3.16. The normalized spacial score (nSPS) is 14.1. The van der Waals surface area contributed by atoms with Gasteiger partial charge in [-0.15, -0.1) is 5.10 Å². The summed E-state index contributed by atoms with van der Waals surface area (Å²) in [7, 11) is -3.64. The maximum atomic E-state index is 12.7. The van der Waals surface area contributed by atoms with Crippen molar-refractivity contribution in [3.05, 3.63) is 59.9 Å². The Morgan fingerprint density at radius 3 is 2.64 bits per heavy atom. The zero-order valence-corrected chi connectivity index (χ0v) is 14.3. The largest absolute Gasteiger partial charge is 0.280 e. The molecule has 0 bridgehead atoms. The summed E-state index contributed by atoms with van der Waals surface area (Å²) in [6.45, 7) is 0. The lowest BCUT2D eigenvalue weighted by Gasteiger charge is -2.17. The van der Waals surface area contributed by atoms with E-state index in [0.29, 0.717) is 16.3 Å². The van der Waals surface area contributed by atoms with E-state index in [-0.39, 0.29) is 0 Å². The molecule has 0 atom stereocenters. The Morgan fingerprint density at radius 1 is 1.00 bits per heavy atom. The first-order chi connectivity index (χ1) is 12.1. The predicted molar refractivity (Wildman–Crippen MR) is 93.0 cm³/mol. The standard InChI is InChI=1S/C17H17N5O2S/c23-25(24,17-9-8-13-4-1-2-5-14(13)10-17)19-15-6-3-7-16(11-15)22-12-18-20-21-22/h3,6-12,19H,1-2,4-5H2. The SMILES string of the molecule is O=S(=O)(Nc1cccc(-n2cnnn2)c1)c1ccc2c(c1)CCCC2. The van der Waals surface area contributed by atoms with Crippen LogP contribution in [-0.4, -0.2) is 28.6 Å². The first kappa shape index (κ1) is 15.8. The number of rotatable bonds is 4. The van der Waals surface area contributed by atoms with Crippen molar-refractivity contribution >= 4 is 15.7 Å². The lowest BCUT2D eigenvalue weighted by atomic mass is 9.92. The minimum Gasteiger partial charge on any atom is -0.280 e. The van der Waals surface area contributed by atoms with Gasteiger partial charge >= 0.3 is 0 Å². The Morgan fingerprint density at radius 2 is 1.84 bits per heavy atom. The Kier molecular flexibility index (Phi) is 3.96. The van der Waals surface area contributed by atoms with Gasteiger partial charge in [-0.05, 0) is 77.6 Å². The highest BCUT2D eigenvalue weighted by atomic mass is 32.2. The van der Waals surface area contributed by atoms with Crippen molar-refractivity contribution in [2.75, 3.05) is 4.72 Å². The molecule has 0 saturated carbocycles. The van der Waals surface area contributed by atoms with Crippen molar-refractivity contribution in [3.63, 3.8) is 0 Å². The topological polar surface area (TPSA) is 89.8 Å². The summed E-state index contributed by atoms with van der Waals surface area (Å²) in [5, 5.41) is 11.0. The maximum Gasteiger partial charge on any atom is 0.261 e. The van der Waals surface area contributed by atoms with Crippen molar-refractivity contribution in [1.29, 1.82) is 0 Å². The molecule has 0 fully saturated rings. The molecule has 1 aliphatic carbocycles. The zero-order valence-electron chi connectivity index (χ0n) is 13.5. The van der Waals surface area contributed by atoms with Crippen LogP contribution in [0.5, 0.6) is 0 Å². The number of hydrogen-bond donors (Lipinski definition) is 1. The minimum atomic E-state index is -3.64. The monoisotopic (exact) mass is 355 g/mol. The van der Waals surface area contributed by atoms with E-state index in [0.717, 1.165) is 24.8 Å². The van der Waals surface area contributed by atoms with Crippen LogP contribution < -0.4 is 4.72 Å². The molecule has 1 aliphatic rings. The third-order valence-electron chi connectivity index (χ3n) is 4.34. The Labute approximate surface area is 145 Å². The molecular formula is C17H17N5O2S. The number of aryl methyl sites for hydroxylation is 2. The number of nitrogens with one attached hydrogen (secondary N) is 1. The van der Waals surface area contributed by atoms with Crippen LogP contribution in [-0.2, 0) is 22.9 Å². The molecular weight excluding hydrogens is 338 g/mol. The van der Waals surface area contributed by atoms with Crippen molar-refractivity contribution in [1.82, 2.24) is 20.2 Å². The van der Waals surface area contributed by atoms with E-state index in [1.165, 1.54) is 23.0 Å². The lowest BCUT2D eigenvalue weighted by molar-refractivity contribution is 0.600. The molecule has 8 heteroatoms. The number of hydrogen-bond acceptors (Lipinski definition) is 5. The van der Waals surface area contributed by atoms with Crippen molar-refractivity contribution in [2.24, 2.45) is 0 Å². The van der Waals surface area contributed by atoms with Crippen LogP contribution in [0.4, 0.5) is 5.69 Å². The Bertz CT molecular complexity index is 1000. The number of tetrazole rings is 1. The van der Waals surface area contributed by atoms with E-state index >= 15 is 0 Å². The van der Waals surface area contributed by atoms with Gasteiger partial charge in [0.15, 0.2) is 0 Å². The van der Waals surface area contributed by atoms with Gasteiger partial charge in [0.25, 0.3) is 10.0 Å². The molecule has 0 aliphatic heterocycles. The van der Waals surface area contributed by atoms with Gasteiger partial charge in [0.05, 0.1) is 16.3 Å². The highest BCUT2D eigenvalue weighted by molar-refractivity contribution is 7.92. The zero-order chi connectivity index (χ0) is 17.3. The smallest absolute Gasteiger partial charge is 0.261 e. The fraction of sp³-hybridized carbons (Fsp3) is 0.235. The van der Waals surface area contributed by atoms with E-state index in [2.05, 4.69) is 20.2 Å². The van der Waals surface area contributed by atoms with Gasteiger partial charge in [-0.3, -0.25) is 4.72 Å². The van der Waals surface area contributed by atoms with Gasteiger partial charge in [0, 0.05) is 0 Å². The number of aromatic nitrogens is 4. The predicted octanol–water partition coefficient (Wildman–Crippen LogP) is 2.34. The lowest BCUT2D eigenvalue weighted by Crippen LogP contribution is -2.14. The van der Waals surface area contributed by atoms with Gasteiger partial charge in [-0.25, -0.2) is 13.1 Å². The summed E-state index contributed by atoms with van der Waals surface area (Å²) >= 11 is 0. The quantitative estimate of drug-likeness (QED) is 0.776. The maximum absolute atomic E-state index is 12.7. The van der Waals surface area contributed by atoms with Crippen molar-refractivity contribution in [2.45, 2.75) is 30.6 Å². The minimum absolute atomic E-state index is 0.293. The average molecular weight is 355 g/mol. The van der Waals surface area contributed by atoms with Crippen LogP contribution in [0.15, 0.2) is 53.7 Å². The first-order valence-electron chi connectivity index (χ1n) is 8.10. The van der Waals surface area contributed by atoms with Crippen molar-refractivity contribution in [3.8, 4) is 5.69 Å². The molecule has 0 spiro atoms. The second-order valence-electron chi connectivity index (χ2n) is 6.05. The van der Waals surface area contributed by atoms with E-state index < -0.39 is 10.0 Å². The number of benzene rings is 2. The molecule has 128 valence electrons. The van der Waals surface area contributed by atoms with Crippen LogP contribution in [0.2, 0.25) is 0 Å². The number of fused-ring (bicyclic) bond motifs is 1. The molecule has 0 saturated heterocycles. The van der Waals surface area contributed by atoms with E-state index in [4.69, 9.17) is 0 Å². The molecule has 7 nitrogen and oxygen atoms in total. The highest BCUT2D eigenvalue weighted by Crippen LogP contribution is 2.25. The molecule has 1 heterocycles. The summed E-state index contributed by atoms with van der Waals surface area (Å²) in [6, 6.07) is 12.3. The summed E-state index contributed by atoms with van der Waals surface area (Å²) in [5.74, 6) is 0. The van der Waals surface area contributed by atoms with E-state index in [1.54, 1.807) is 36.4 Å². The Balaban J connectivity index is 1.62. The van der Waals surface area contributed by atoms with Gasteiger partial charge in [0.1, 0.15) is 6.33 Å². The second-order valence-corrected chi connectivity index (χ2v) is 7.73. The summed E-state index contributed by atoms with van der Waals surface area (Å²) in [4.78, 5) is 0.293. The molecule has 25 heavy (non-hydrogen) atoms. The molecule has 1 aromatic heterocycles. The summed E-state index contributed by atoms with van der Waals surface area (Å²) < 4.78 is 29.6. The van der Waals surface area contributed by atoms with Crippen LogP contribution in [0.3, 0.4) is 0 Å². The third kappa shape index (κ3) is 3.25. The molecule has 2 aromatic carbocycles. The van der Waals surface area contributed by atoms with Crippen LogP contribution in [0.25, 0.3) is 5.69 Å². The molecule has 1 N–H and O–H groups in total. The van der Waals surface area contributed by atoms with Crippen LogP contribution in [0.1, 0.15) is 24.0 Å². The van der Waals surface area contributed by atoms with Crippen LogP contribution >= 0.6 is 0 Å². The molecule has 4 rings (SSSR count). The molecule has 0 amide bonds. The molecule has 0 radical (unpaired) electrons. The number of nitrogens with zero attached hydrogens (tertiary/aromatic N) is 4. The van der Waals surface area contributed by atoms with Gasteiger partial charge in [-0.2, -0.15) is 0 Å². The highest BCUT2D eigenvalue weighted by Gasteiger charge is 2.18. The fourth-order valence-electron chi connectivity index (χ4n) is 3.08.